The van der Waals surface area contributed by atoms with Gasteiger partial charge < -0.3 is 4.90 Å². The minimum atomic E-state index is -4.69. The van der Waals surface area contributed by atoms with Gasteiger partial charge in [-0.25, -0.2) is 8.42 Å². The number of alkyl halides is 2. The summed E-state index contributed by atoms with van der Waals surface area (Å²) >= 11 is 1.67. The van der Waals surface area contributed by atoms with Gasteiger partial charge in [0, 0.05) is 17.0 Å². The molecule has 2 aromatic carbocycles. The van der Waals surface area contributed by atoms with Crippen LogP contribution < -0.4 is 0 Å². The van der Waals surface area contributed by atoms with E-state index in [1.165, 1.54) is 17.0 Å². The average Bonchev–Trinajstić information content (AvgIpc) is 3.22. The summed E-state index contributed by atoms with van der Waals surface area (Å²) in [6.07, 6.45) is 0.736. The van der Waals surface area contributed by atoms with Gasteiger partial charge in [-0.15, -0.1) is 11.3 Å². The highest BCUT2D eigenvalue weighted by atomic mass is 32.2. The molecule has 29 heavy (non-hydrogen) atoms. The van der Waals surface area contributed by atoms with Crippen LogP contribution in [0.5, 0.6) is 0 Å². The number of halogens is 2. The predicted molar refractivity (Wildman–Crippen MR) is 107 cm³/mol. The van der Waals surface area contributed by atoms with Crippen LogP contribution in [0.15, 0.2) is 70.9 Å². The van der Waals surface area contributed by atoms with Crippen LogP contribution in [0.1, 0.15) is 32.4 Å². The van der Waals surface area contributed by atoms with Gasteiger partial charge in [-0.1, -0.05) is 30.3 Å². The number of carbonyl (C=O) groups is 1. The molecule has 150 valence electrons. The van der Waals surface area contributed by atoms with Crippen molar-refractivity contribution in [3.63, 3.8) is 0 Å². The smallest absolute Gasteiger partial charge is 0.327 e. The molecule has 0 spiro atoms. The van der Waals surface area contributed by atoms with Crippen molar-refractivity contribution in [1.82, 2.24) is 4.90 Å². The second-order valence-electron chi connectivity index (χ2n) is 6.69. The Balaban J connectivity index is 1.69. The number of amides is 1. The van der Waals surface area contributed by atoms with Crippen LogP contribution in [-0.2, 0) is 16.3 Å². The van der Waals surface area contributed by atoms with Crippen molar-refractivity contribution >= 4 is 27.1 Å². The van der Waals surface area contributed by atoms with E-state index in [9.17, 15) is 22.0 Å². The molecule has 1 aliphatic rings. The molecular weight excluding hydrogens is 416 g/mol. The highest BCUT2D eigenvalue weighted by Crippen LogP contribution is 2.38. The highest BCUT2D eigenvalue weighted by molar-refractivity contribution is 7.91. The molecule has 1 aliphatic heterocycles. The maximum atomic E-state index is 13.2. The Morgan fingerprint density at radius 3 is 2.38 bits per heavy atom. The third-order valence-electron chi connectivity index (χ3n) is 5.01. The predicted octanol–water partition coefficient (Wildman–Crippen LogP) is 4.53. The number of hydrogen-bond acceptors (Lipinski definition) is 4. The fraction of sp³-hybridized carbons (Fsp3) is 0.190. The van der Waals surface area contributed by atoms with Crippen LogP contribution in [-0.4, -0.2) is 31.5 Å². The van der Waals surface area contributed by atoms with Gasteiger partial charge in [0.25, 0.3) is 5.91 Å². The molecule has 3 aromatic rings. The first-order chi connectivity index (χ1) is 13.9. The van der Waals surface area contributed by atoms with E-state index in [4.69, 9.17) is 0 Å². The molecule has 0 N–H and O–H groups in total. The van der Waals surface area contributed by atoms with Gasteiger partial charge >= 0.3 is 5.76 Å². The van der Waals surface area contributed by atoms with E-state index >= 15 is 0 Å². The van der Waals surface area contributed by atoms with E-state index in [0.717, 1.165) is 29.7 Å². The summed E-state index contributed by atoms with van der Waals surface area (Å²) in [4.78, 5) is 15.7. The van der Waals surface area contributed by atoms with Crippen LogP contribution in [0.25, 0.3) is 0 Å². The first kappa shape index (κ1) is 19.7. The van der Waals surface area contributed by atoms with Gasteiger partial charge in [-0.2, -0.15) is 8.78 Å². The first-order valence-corrected chi connectivity index (χ1v) is 11.4. The van der Waals surface area contributed by atoms with Crippen LogP contribution in [0, 0.1) is 0 Å². The molecule has 4 nitrogen and oxygen atoms in total. The fourth-order valence-electron chi connectivity index (χ4n) is 3.59. The van der Waals surface area contributed by atoms with Crippen molar-refractivity contribution in [2.45, 2.75) is 23.1 Å². The second kappa shape index (κ2) is 7.68. The summed E-state index contributed by atoms with van der Waals surface area (Å²) in [5.41, 5.74) is 2.33. The molecule has 1 atom stereocenters. The number of carbonyl (C=O) groups excluding carboxylic acids is 1. The normalized spacial score (nSPS) is 16.7. The Morgan fingerprint density at radius 1 is 1.03 bits per heavy atom. The van der Waals surface area contributed by atoms with Crippen LogP contribution >= 0.6 is 11.3 Å². The maximum Gasteiger partial charge on any atom is 0.341 e. The Hall–Kier alpha value is -2.58. The topological polar surface area (TPSA) is 54.5 Å². The fourth-order valence-corrected chi connectivity index (χ4v) is 5.21. The van der Waals surface area contributed by atoms with E-state index in [0.29, 0.717) is 6.54 Å². The minimum absolute atomic E-state index is 0.247. The van der Waals surface area contributed by atoms with Gasteiger partial charge in [0.05, 0.1) is 10.9 Å². The zero-order valence-corrected chi connectivity index (χ0v) is 16.8. The summed E-state index contributed by atoms with van der Waals surface area (Å²) in [7, 11) is -4.69. The van der Waals surface area contributed by atoms with Crippen LogP contribution in [0.4, 0.5) is 8.78 Å². The Labute approximate surface area is 171 Å². The SMILES string of the molecule is O=C(c1ccc(S(=O)(=O)C(F)F)cc1)N1CCc2sccc2[C@H]1c1ccccc1. The lowest BCUT2D eigenvalue weighted by Crippen LogP contribution is -2.40. The van der Waals surface area contributed by atoms with Crippen LogP contribution in [0.3, 0.4) is 0 Å². The molecule has 0 aliphatic carbocycles. The van der Waals surface area contributed by atoms with E-state index in [1.54, 1.807) is 16.2 Å². The molecule has 4 rings (SSSR count). The lowest BCUT2D eigenvalue weighted by molar-refractivity contribution is 0.0696. The van der Waals surface area contributed by atoms with Crippen molar-refractivity contribution in [2.75, 3.05) is 6.54 Å². The lowest BCUT2D eigenvalue weighted by Gasteiger charge is -2.36. The van der Waals surface area contributed by atoms with Crippen molar-refractivity contribution in [2.24, 2.45) is 0 Å². The van der Waals surface area contributed by atoms with E-state index in [1.807, 2.05) is 41.8 Å². The molecule has 0 fully saturated rings. The van der Waals surface area contributed by atoms with Gasteiger partial charge in [-0.05, 0) is 53.3 Å². The zero-order chi connectivity index (χ0) is 20.6. The number of rotatable bonds is 4. The number of nitrogens with zero attached hydrogens (tertiary/aromatic N) is 1. The summed E-state index contributed by atoms with van der Waals surface area (Å²) in [6.45, 7) is 0.517. The van der Waals surface area contributed by atoms with E-state index in [2.05, 4.69) is 0 Å². The van der Waals surface area contributed by atoms with Crippen molar-refractivity contribution in [1.29, 1.82) is 0 Å². The molecule has 0 saturated heterocycles. The number of sulfone groups is 1. The molecule has 2 heterocycles. The molecule has 1 amide bonds. The van der Waals surface area contributed by atoms with Gasteiger partial charge in [-0.3, -0.25) is 4.79 Å². The van der Waals surface area contributed by atoms with E-state index in [-0.39, 0.29) is 17.5 Å². The molecule has 0 unspecified atom stereocenters. The summed E-state index contributed by atoms with van der Waals surface area (Å²) in [6, 6.07) is 16.2. The highest BCUT2D eigenvalue weighted by Gasteiger charge is 2.33. The largest absolute Gasteiger partial charge is 0.341 e. The standard InChI is InChI=1S/C21H17F2NO3S2/c22-21(23)29(26,27)16-8-6-15(7-9-16)20(25)24-12-10-18-17(11-13-28-18)19(24)14-4-2-1-3-5-14/h1-9,11,13,19,21H,10,12H2/t19-/m1/s1. The lowest BCUT2D eigenvalue weighted by atomic mass is 9.92. The molecular formula is C21H17F2NO3S2. The summed E-state index contributed by atoms with van der Waals surface area (Å²) in [5.74, 6) is -3.76. The quantitative estimate of drug-likeness (QED) is 0.607. The molecule has 0 bridgehead atoms. The third-order valence-corrected chi connectivity index (χ3v) is 7.40. The van der Waals surface area contributed by atoms with E-state index < -0.39 is 20.5 Å². The number of benzene rings is 2. The Bertz CT molecular complexity index is 1130. The summed E-state index contributed by atoms with van der Waals surface area (Å²) in [5, 5.41) is 2.01. The van der Waals surface area contributed by atoms with Crippen LogP contribution in [0.2, 0.25) is 0 Å². The molecule has 0 radical (unpaired) electrons. The Kier molecular flexibility index (Phi) is 5.23. The monoisotopic (exact) mass is 433 g/mol. The van der Waals surface area contributed by atoms with Crippen molar-refractivity contribution in [3.8, 4) is 0 Å². The third kappa shape index (κ3) is 3.58. The number of hydrogen-bond donors (Lipinski definition) is 0. The summed E-state index contributed by atoms with van der Waals surface area (Å²) < 4.78 is 48.7. The number of fused-ring (bicyclic) bond motifs is 1. The second-order valence-corrected chi connectivity index (χ2v) is 9.61. The van der Waals surface area contributed by atoms with Crippen molar-refractivity contribution in [3.05, 3.63) is 87.6 Å². The van der Waals surface area contributed by atoms with Crippen molar-refractivity contribution < 1.29 is 22.0 Å². The Morgan fingerprint density at radius 2 is 1.72 bits per heavy atom. The number of thiophene rings is 1. The minimum Gasteiger partial charge on any atom is -0.327 e. The molecule has 0 saturated carbocycles. The zero-order valence-electron chi connectivity index (χ0n) is 15.2. The van der Waals surface area contributed by atoms with Gasteiger partial charge in [0.1, 0.15) is 0 Å². The van der Waals surface area contributed by atoms with Gasteiger partial charge in [0.15, 0.2) is 0 Å². The van der Waals surface area contributed by atoms with Gasteiger partial charge in [0.2, 0.25) is 9.84 Å². The molecule has 1 aromatic heterocycles. The maximum absolute atomic E-state index is 13.2. The first-order valence-electron chi connectivity index (χ1n) is 8.94. The molecule has 8 heteroatoms. The average molecular weight is 434 g/mol.